The van der Waals surface area contributed by atoms with Crippen LogP contribution in [0.3, 0.4) is 0 Å². The van der Waals surface area contributed by atoms with Crippen LogP contribution in [-0.4, -0.2) is 0 Å². The Kier molecular flexibility index (Phi) is 3.28. The Balaban J connectivity index is 3.08. The predicted octanol–water partition coefficient (Wildman–Crippen LogP) is 3.96. The maximum Gasteiger partial charge on any atom is 0.124 e. The van der Waals surface area contributed by atoms with Crippen molar-refractivity contribution in [2.24, 2.45) is 5.11 Å². The highest BCUT2D eigenvalue weighted by atomic mass is 79.9. The van der Waals surface area contributed by atoms with E-state index in [1.807, 2.05) is 0 Å². The molecule has 0 fully saturated rings. The van der Waals surface area contributed by atoms with Gasteiger partial charge in [0.15, 0.2) is 0 Å². The number of azide groups is 1. The van der Waals surface area contributed by atoms with E-state index in [-0.39, 0.29) is 11.9 Å². The van der Waals surface area contributed by atoms with Gasteiger partial charge in [-0.05, 0) is 23.2 Å². The molecule has 0 spiro atoms. The van der Waals surface area contributed by atoms with Gasteiger partial charge in [0.1, 0.15) is 5.82 Å². The second kappa shape index (κ2) is 4.25. The Bertz CT molecular complexity index is 360. The number of nitrogens with zero attached hydrogens (tertiary/aromatic N) is 3. The summed E-state index contributed by atoms with van der Waals surface area (Å²) in [6, 6.07) is 3.99. The Morgan fingerprint density at radius 2 is 2.31 bits per heavy atom. The van der Waals surface area contributed by atoms with Gasteiger partial charge in [-0.25, -0.2) is 4.39 Å². The molecule has 0 amide bonds. The van der Waals surface area contributed by atoms with Gasteiger partial charge in [-0.3, -0.25) is 0 Å². The van der Waals surface area contributed by atoms with E-state index in [9.17, 15) is 4.39 Å². The van der Waals surface area contributed by atoms with Crippen molar-refractivity contribution in [3.63, 3.8) is 0 Å². The highest BCUT2D eigenvalue weighted by molar-refractivity contribution is 9.10. The average Bonchev–Trinajstić information content (AvgIpc) is 2.04. The zero-order valence-electron chi connectivity index (χ0n) is 6.91. The van der Waals surface area contributed by atoms with Gasteiger partial charge >= 0.3 is 0 Å². The summed E-state index contributed by atoms with van der Waals surface area (Å²) in [6.07, 6.45) is 0. The Hall–Kier alpha value is -1.06. The van der Waals surface area contributed by atoms with Crippen molar-refractivity contribution in [2.75, 3.05) is 0 Å². The fraction of sp³-hybridized carbons (Fsp3) is 0.250. The van der Waals surface area contributed by atoms with Crippen LogP contribution in [0.5, 0.6) is 0 Å². The number of hydrogen-bond acceptors (Lipinski definition) is 1. The SMILES string of the molecule is C[C@@H](N=[N+]=[N-])c1ccc(F)cc1Br. The second-order valence-corrected chi connectivity index (χ2v) is 3.40. The molecule has 13 heavy (non-hydrogen) atoms. The smallest absolute Gasteiger partial charge is 0.124 e. The summed E-state index contributed by atoms with van der Waals surface area (Å²) in [5.41, 5.74) is 8.99. The largest absolute Gasteiger partial charge is 0.207 e. The maximum absolute atomic E-state index is 12.7. The van der Waals surface area contributed by atoms with Gasteiger partial charge in [0.05, 0.1) is 6.04 Å². The van der Waals surface area contributed by atoms with Crippen LogP contribution in [0.1, 0.15) is 18.5 Å². The maximum atomic E-state index is 12.7. The number of hydrogen-bond donors (Lipinski definition) is 0. The monoisotopic (exact) mass is 243 g/mol. The molecule has 0 aromatic heterocycles. The number of halogens is 2. The van der Waals surface area contributed by atoms with Crippen molar-refractivity contribution in [1.29, 1.82) is 0 Å². The summed E-state index contributed by atoms with van der Waals surface area (Å²) in [6.45, 7) is 1.75. The van der Waals surface area contributed by atoms with E-state index in [1.165, 1.54) is 12.1 Å². The third-order valence-electron chi connectivity index (χ3n) is 1.64. The first-order chi connectivity index (χ1) is 6.15. The van der Waals surface area contributed by atoms with Crippen LogP contribution in [0.2, 0.25) is 0 Å². The topological polar surface area (TPSA) is 48.8 Å². The van der Waals surface area contributed by atoms with Crippen molar-refractivity contribution >= 4 is 15.9 Å². The Morgan fingerprint density at radius 1 is 1.62 bits per heavy atom. The van der Waals surface area contributed by atoms with E-state index in [2.05, 4.69) is 26.0 Å². The molecule has 68 valence electrons. The first-order valence-electron chi connectivity index (χ1n) is 3.64. The standard InChI is InChI=1S/C8H7BrFN3/c1-5(12-13-11)7-3-2-6(10)4-8(7)9/h2-5H,1H3/t5-/m1/s1. The quantitative estimate of drug-likeness (QED) is 0.429. The van der Waals surface area contributed by atoms with E-state index >= 15 is 0 Å². The molecule has 0 saturated carbocycles. The predicted molar refractivity (Wildman–Crippen MR) is 51.7 cm³/mol. The lowest BCUT2D eigenvalue weighted by Crippen LogP contribution is -1.90. The lowest BCUT2D eigenvalue weighted by molar-refractivity contribution is 0.624. The molecule has 0 aliphatic rings. The molecule has 1 aromatic carbocycles. The molecule has 0 aliphatic carbocycles. The normalized spacial score (nSPS) is 11.9. The lowest BCUT2D eigenvalue weighted by Gasteiger charge is -2.06. The summed E-state index contributed by atoms with van der Waals surface area (Å²) in [4.78, 5) is 2.69. The fourth-order valence-electron chi connectivity index (χ4n) is 0.980. The molecular formula is C8H7BrFN3. The fourth-order valence-corrected chi connectivity index (χ4v) is 1.66. The minimum atomic E-state index is -0.316. The zero-order chi connectivity index (χ0) is 9.84. The van der Waals surface area contributed by atoms with E-state index in [0.29, 0.717) is 4.47 Å². The average molecular weight is 244 g/mol. The third-order valence-corrected chi connectivity index (χ3v) is 2.32. The summed E-state index contributed by atoms with van der Waals surface area (Å²) in [5, 5.41) is 3.51. The molecule has 0 N–H and O–H groups in total. The van der Waals surface area contributed by atoms with Gasteiger partial charge in [0.2, 0.25) is 0 Å². The minimum absolute atomic E-state index is 0.292. The highest BCUT2D eigenvalue weighted by Gasteiger charge is 2.07. The van der Waals surface area contributed by atoms with Crippen LogP contribution in [0.25, 0.3) is 10.4 Å². The van der Waals surface area contributed by atoms with E-state index in [4.69, 9.17) is 5.53 Å². The van der Waals surface area contributed by atoms with Gasteiger partial charge in [-0.1, -0.05) is 34.0 Å². The summed E-state index contributed by atoms with van der Waals surface area (Å²) < 4.78 is 13.3. The molecule has 1 rings (SSSR count). The van der Waals surface area contributed by atoms with Crippen molar-refractivity contribution in [1.82, 2.24) is 0 Å². The lowest BCUT2D eigenvalue weighted by atomic mass is 10.1. The Labute approximate surface area is 83.3 Å². The van der Waals surface area contributed by atoms with Crippen LogP contribution in [0.4, 0.5) is 4.39 Å². The van der Waals surface area contributed by atoms with Crippen LogP contribution < -0.4 is 0 Å². The van der Waals surface area contributed by atoms with Crippen LogP contribution in [0.15, 0.2) is 27.8 Å². The second-order valence-electron chi connectivity index (χ2n) is 2.55. The summed E-state index contributed by atoms with van der Waals surface area (Å²) in [5.74, 6) is -0.316. The molecule has 1 aromatic rings. The van der Waals surface area contributed by atoms with E-state index < -0.39 is 0 Å². The summed E-state index contributed by atoms with van der Waals surface area (Å²) >= 11 is 3.19. The number of benzene rings is 1. The van der Waals surface area contributed by atoms with E-state index in [1.54, 1.807) is 13.0 Å². The van der Waals surface area contributed by atoms with Crippen LogP contribution in [0, 0.1) is 5.82 Å². The summed E-state index contributed by atoms with van der Waals surface area (Å²) in [7, 11) is 0. The van der Waals surface area contributed by atoms with Crippen molar-refractivity contribution in [3.8, 4) is 0 Å². The minimum Gasteiger partial charge on any atom is -0.207 e. The first kappa shape index (κ1) is 10.0. The van der Waals surface area contributed by atoms with Gasteiger partial charge < -0.3 is 0 Å². The molecule has 0 bridgehead atoms. The van der Waals surface area contributed by atoms with Gasteiger partial charge in [0, 0.05) is 9.38 Å². The molecule has 3 nitrogen and oxygen atoms in total. The van der Waals surface area contributed by atoms with Gasteiger partial charge in [-0.15, -0.1) is 0 Å². The molecule has 0 saturated heterocycles. The van der Waals surface area contributed by atoms with Crippen molar-refractivity contribution in [3.05, 3.63) is 44.5 Å². The highest BCUT2D eigenvalue weighted by Crippen LogP contribution is 2.26. The van der Waals surface area contributed by atoms with Crippen LogP contribution >= 0.6 is 15.9 Å². The molecule has 1 atom stereocenters. The van der Waals surface area contributed by atoms with Gasteiger partial charge in [0.25, 0.3) is 0 Å². The molecule has 0 radical (unpaired) electrons. The molecule has 0 heterocycles. The van der Waals surface area contributed by atoms with Gasteiger partial charge in [-0.2, -0.15) is 0 Å². The first-order valence-corrected chi connectivity index (χ1v) is 4.43. The number of rotatable bonds is 2. The van der Waals surface area contributed by atoms with Crippen molar-refractivity contribution in [2.45, 2.75) is 13.0 Å². The van der Waals surface area contributed by atoms with Crippen LogP contribution in [-0.2, 0) is 0 Å². The third kappa shape index (κ3) is 2.44. The zero-order valence-corrected chi connectivity index (χ0v) is 8.49. The molecule has 0 unspecified atom stereocenters. The molecular weight excluding hydrogens is 237 g/mol. The molecule has 5 heteroatoms. The Morgan fingerprint density at radius 3 is 2.85 bits per heavy atom. The molecule has 0 aliphatic heterocycles. The van der Waals surface area contributed by atoms with E-state index in [0.717, 1.165) is 5.56 Å². The van der Waals surface area contributed by atoms with Crippen molar-refractivity contribution < 1.29 is 4.39 Å².